The summed E-state index contributed by atoms with van der Waals surface area (Å²) in [7, 11) is 0. The van der Waals surface area contributed by atoms with Gasteiger partial charge in [0.25, 0.3) is 0 Å². The number of nitrogens with one attached hydrogen (secondary N) is 3. The molecule has 4 N–H and O–H groups in total. The van der Waals surface area contributed by atoms with Crippen LogP contribution in [0.5, 0.6) is 0 Å². The minimum atomic E-state index is -0.938. The van der Waals surface area contributed by atoms with E-state index in [2.05, 4.69) is 10.6 Å². The van der Waals surface area contributed by atoms with Crippen LogP contribution in [0.4, 0.5) is 0 Å². The molecule has 0 aromatic heterocycles. The molecule has 0 unspecified atom stereocenters. The Morgan fingerprint density at radius 3 is 2.12 bits per heavy atom. The van der Waals surface area contributed by atoms with E-state index in [-0.39, 0.29) is 18.2 Å². The first-order valence-electron chi connectivity index (χ1n) is 11.2. The molecule has 0 spiro atoms. The fourth-order valence-electron chi connectivity index (χ4n) is 3.65. The summed E-state index contributed by atoms with van der Waals surface area (Å²) in [5, 5.41) is 14.7. The molecule has 0 aliphatic rings. The molecule has 7 nitrogen and oxygen atoms in total. The van der Waals surface area contributed by atoms with Crippen LogP contribution in [0.25, 0.3) is 11.1 Å². The average molecular weight is 454 g/mol. The lowest BCUT2D eigenvalue weighted by Gasteiger charge is -2.27. The van der Waals surface area contributed by atoms with Crippen molar-refractivity contribution in [1.29, 1.82) is 0 Å². The number of amides is 3. The molecule has 0 bridgehead atoms. The van der Waals surface area contributed by atoms with Gasteiger partial charge in [-0.15, -0.1) is 0 Å². The molecule has 3 amide bonds. The van der Waals surface area contributed by atoms with Crippen molar-refractivity contribution in [3.8, 4) is 11.1 Å². The molecule has 0 aliphatic heterocycles. The summed E-state index contributed by atoms with van der Waals surface area (Å²) >= 11 is 0. The van der Waals surface area contributed by atoms with Gasteiger partial charge in [-0.05, 0) is 55.9 Å². The van der Waals surface area contributed by atoms with E-state index in [0.29, 0.717) is 12.0 Å². The summed E-state index contributed by atoms with van der Waals surface area (Å²) in [4.78, 5) is 38.2. The summed E-state index contributed by atoms with van der Waals surface area (Å²) < 4.78 is 0. The zero-order chi connectivity index (χ0) is 24.6. The van der Waals surface area contributed by atoms with Crippen molar-refractivity contribution in [1.82, 2.24) is 16.1 Å². The lowest BCUT2D eigenvalue weighted by Crippen LogP contribution is -2.49. The summed E-state index contributed by atoms with van der Waals surface area (Å²) in [5.74, 6) is -1.92. The van der Waals surface area contributed by atoms with Crippen molar-refractivity contribution in [2.75, 3.05) is 0 Å². The van der Waals surface area contributed by atoms with Gasteiger partial charge in [-0.3, -0.25) is 19.6 Å². The van der Waals surface area contributed by atoms with Crippen LogP contribution < -0.4 is 16.1 Å². The van der Waals surface area contributed by atoms with Crippen LogP contribution in [0.15, 0.2) is 54.6 Å². The molecular weight excluding hydrogens is 418 g/mol. The van der Waals surface area contributed by atoms with E-state index >= 15 is 0 Å². The molecule has 0 heterocycles. The van der Waals surface area contributed by atoms with E-state index in [1.165, 1.54) is 0 Å². The maximum Gasteiger partial charge on any atom is 0.247 e. The Kier molecular flexibility index (Phi) is 9.17. The van der Waals surface area contributed by atoms with E-state index < -0.39 is 29.3 Å². The van der Waals surface area contributed by atoms with E-state index in [1.54, 1.807) is 11.5 Å². The highest BCUT2D eigenvalue weighted by Gasteiger charge is 2.30. The minimum absolute atomic E-state index is 0.149. The summed E-state index contributed by atoms with van der Waals surface area (Å²) in [6.07, 6.45) is 0.273. The third-order valence-electron chi connectivity index (χ3n) is 5.06. The zero-order valence-corrected chi connectivity index (χ0v) is 20.0. The largest absolute Gasteiger partial charge is 0.349 e. The molecule has 2 aromatic rings. The summed E-state index contributed by atoms with van der Waals surface area (Å²) in [5.41, 5.74) is 3.66. The monoisotopic (exact) mass is 453 g/mol. The van der Waals surface area contributed by atoms with E-state index in [9.17, 15) is 14.4 Å². The first kappa shape index (κ1) is 26.1. The van der Waals surface area contributed by atoms with Crippen molar-refractivity contribution in [3.05, 3.63) is 60.2 Å². The van der Waals surface area contributed by atoms with Crippen LogP contribution in [-0.2, 0) is 14.4 Å². The SMILES string of the molecule is CC(C)C[C@@H](CC(=O)NO)C(=O)N[C@H](C(=O)NC(C)(C)C)c1cccc(-c2ccccc2)c1. The second-order valence-electron chi connectivity index (χ2n) is 9.74. The molecule has 178 valence electrons. The summed E-state index contributed by atoms with van der Waals surface area (Å²) in [6.45, 7) is 9.51. The molecule has 0 saturated carbocycles. The Bertz CT molecular complexity index is 952. The van der Waals surface area contributed by atoms with Crippen molar-refractivity contribution in [2.24, 2.45) is 11.8 Å². The predicted molar refractivity (Wildman–Crippen MR) is 128 cm³/mol. The average Bonchev–Trinajstić information content (AvgIpc) is 2.75. The number of rotatable bonds is 9. The lowest BCUT2D eigenvalue weighted by atomic mass is 9.92. The van der Waals surface area contributed by atoms with Crippen molar-refractivity contribution < 1.29 is 19.6 Å². The van der Waals surface area contributed by atoms with Crippen molar-refractivity contribution >= 4 is 17.7 Å². The number of carbonyl (C=O) groups is 3. The first-order valence-corrected chi connectivity index (χ1v) is 11.2. The van der Waals surface area contributed by atoms with Crippen LogP contribution in [0.3, 0.4) is 0 Å². The molecule has 0 aliphatic carbocycles. The highest BCUT2D eigenvalue weighted by atomic mass is 16.5. The second-order valence-corrected chi connectivity index (χ2v) is 9.74. The van der Waals surface area contributed by atoms with Crippen molar-refractivity contribution in [2.45, 2.75) is 59.0 Å². The van der Waals surface area contributed by atoms with Gasteiger partial charge in [0, 0.05) is 17.9 Å². The third kappa shape index (κ3) is 8.35. The Balaban J connectivity index is 2.39. The van der Waals surface area contributed by atoms with Gasteiger partial charge in [0.05, 0.1) is 0 Å². The van der Waals surface area contributed by atoms with Crippen LogP contribution in [0.1, 0.15) is 59.1 Å². The van der Waals surface area contributed by atoms with Gasteiger partial charge >= 0.3 is 0 Å². The van der Waals surface area contributed by atoms with Gasteiger partial charge in [0.15, 0.2) is 0 Å². The number of hydrogen-bond donors (Lipinski definition) is 4. The first-order chi connectivity index (χ1) is 15.5. The van der Waals surface area contributed by atoms with Crippen molar-refractivity contribution in [3.63, 3.8) is 0 Å². The van der Waals surface area contributed by atoms with Gasteiger partial charge in [-0.2, -0.15) is 0 Å². The minimum Gasteiger partial charge on any atom is -0.349 e. The van der Waals surface area contributed by atoms with Gasteiger partial charge in [-0.25, -0.2) is 5.48 Å². The molecule has 0 saturated heterocycles. The molecule has 2 rings (SSSR count). The van der Waals surface area contributed by atoms with Gasteiger partial charge in [-0.1, -0.05) is 62.4 Å². The van der Waals surface area contributed by atoms with Gasteiger partial charge in [0.1, 0.15) is 6.04 Å². The fourth-order valence-corrected chi connectivity index (χ4v) is 3.65. The molecule has 0 fully saturated rings. The number of hydroxylamine groups is 1. The lowest BCUT2D eigenvalue weighted by molar-refractivity contribution is -0.136. The molecular formula is C26H35N3O4. The van der Waals surface area contributed by atoms with Crippen LogP contribution in [0.2, 0.25) is 0 Å². The smallest absolute Gasteiger partial charge is 0.247 e. The van der Waals surface area contributed by atoms with Crippen LogP contribution in [0, 0.1) is 11.8 Å². The molecule has 2 aromatic carbocycles. The molecule has 2 atom stereocenters. The van der Waals surface area contributed by atoms with E-state index in [1.807, 2.05) is 83.1 Å². The maximum atomic E-state index is 13.2. The molecule has 7 heteroatoms. The Hall–Kier alpha value is -3.19. The number of benzene rings is 2. The van der Waals surface area contributed by atoms with E-state index in [4.69, 9.17) is 5.21 Å². The van der Waals surface area contributed by atoms with Crippen LogP contribution in [-0.4, -0.2) is 28.5 Å². The van der Waals surface area contributed by atoms with E-state index in [0.717, 1.165) is 11.1 Å². The Labute approximate surface area is 195 Å². The Morgan fingerprint density at radius 2 is 1.55 bits per heavy atom. The zero-order valence-electron chi connectivity index (χ0n) is 20.0. The topological polar surface area (TPSA) is 108 Å². The third-order valence-corrected chi connectivity index (χ3v) is 5.06. The standard InChI is InChI=1S/C26H35N3O4/c1-17(2)14-21(16-22(30)29-33)24(31)27-23(25(32)28-26(3,4)5)20-13-9-12-19(15-20)18-10-7-6-8-11-18/h6-13,15,17,21,23,33H,14,16H2,1-5H3,(H,27,31)(H,28,32)(H,29,30)/t21-,23-/m0/s1. The van der Waals surface area contributed by atoms with Crippen LogP contribution >= 0.6 is 0 Å². The molecule has 0 radical (unpaired) electrons. The normalized spacial score (nSPS) is 13.2. The highest BCUT2D eigenvalue weighted by molar-refractivity contribution is 5.91. The quantitative estimate of drug-likeness (QED) is 0.340. The number of carbonyl (C=O) groups excluding carboxylic acids is 3. The Morgan fingerprint density at radius 1 is 0.909 bits per heavy atom. The number of hydrogen-bond acceptors (Lipinski definition) is 4. The predicted octanol–water partition coefficient (Wildman–Crippen LogP) is 3.98. The fraction of sp³-hybridized carbons (Fsp3) is 0.423. The van der Waals surface area contributed by atoms with Gasteiger partial charge < -0.3 is 10.6 Å². The highest BCUT2D eigenvalue weighted by Crippen LogP contribution is 2.25. The van der Waals surface area contributed by atoms with Gasteiger partial charge in [0.2, 0.25) is 17.7 Å². The second kappa shape index (κ2) is 11.6. The molecule has 33 heavy (non-hydrogen) atoms. The maximum absolute atomic E-state index is 13.2. The summed E-state index contributed by atoms with van der Waals surface area (Å²) in [6, 6.07) is 16.3.